The van der Waals surface area contributed by atoms with E-state index in [1.54, 1.807) is 13.8 Å². The van der Waals surface area contributed by atoms with E-state index in [0.717, 1.165) is 0 Å². The van der Waals surface area contributed by atoms with Crippen molar-refractivity contribution in [3.05, 3.63) is 28.8 Å². The summed E-state index contributed by atoms with van der Waals surface area (Å²) in [6, 6.07) is 4.60. The molecule has 0 amide bonds. The van der Waals surface area contributed by atoms with Crippen molar-refractivity contribution in [1.29, 1.82) is 5.26 Å². The van der Waals surface area contributed by atoms with Crippen LogP contribution in [0.1, 0.15) is 30.5 Å². The first-order chi connectivity index (χ1) is 9.80. The molecule has 1 rings (SSSR count). The second-order valence-corrected chi connectivity index (χ2v) is 5.22. The lowest BCUT2D eigenvalue weighted by molar-refractivity contribution is -0.142. The molecule has 3 nitrogen and oxygen atoms in total. The number of nitriles is 1. The number of hydrogen-bond donors (Lipinski definition) is 0. The molecule has 1 aromatic rings. The van der Waals surface area contributed by atoms with Gasteiger partial charge in [-0.25, -0.2) is 0 Å². The van der Waals surface area contributed by atoms with Crippen molar-refractivity contribution in [3.8, 4) is 6.07 Å². The van der Waals surface area contributed by atoms with Crippen LogP contribution in [0.3, 0.4) is 0 Å². The molecule has 0 aliphatic rings. The van der Waals surface area contributed by atoms with Crippen molar-refractivity contribution in [2.45, 2.75) is 37.1 Å². The molecule has 21 heavy (non-hydrogen) atoms. The van der Waals surface area contributed by atoms with E-state index in [0.29, 0.717) is 12.0 Å². The van der Waals surface area contributed by atoms with Crippen LogP contribution in [0.2, 0.25) is 0 Å². The lowest BCUT2D eigenvalue weighted by atomic mass is 10.0. The fraction of sp³-hybridized carbons (Fsp3) is 0.429. The molecular weight excluding hydrogens is 303 g/mol. The Morgan fingerprint density at radius 1 is 1.33 bits per heavy atom. The van der Waals surface area contributed by atoms with Gasteiger partial charge in [-0.1, -0.05) is 6.92 Å². The van der Waals surface area contributed by atoms with E-state index in [9.17, 15) is 18.0 Å². The average Bonchev–Trinajstić information content (AvgIpc) is 2.38. The molecule has 0 N–H and O–H groups in total. The Morgan fingerprint density at radius 2 is 2.00 bits per heavy atom. The largest absolute Gasteiger partial charge is 0.466 e. The maximum absolute atomic E-state index is 12.6. The molecule has 0 atom stereocenters. The minimum absolute atomic E-state index is 0.0635. The van der Waals surface area contributed by atoms with Gasteiger partial charge in [-0.05, 0) is 48.4 Å². The molecule has 0 saturated heterocycles. The van der Waals surface area contributed by atoms with E-state index in [2.05, 4.69) is 0 Å². The van der Waals surface area contributed by atoms with Gasteiger partial charge in [-0.3, -0.25) is 4.79 Å². The molecule has 114 valence electrons. The minimum atomic E-state index is -4.46. The number of rotatable bonds is 5. The number of alkyl halides is 3. The Morgan fingerprint density at radius 3 is 2.48 bits per heavy atom. The van der Waals surface area contributed by atoms with Crippen LogP contribution < -0.4 is 0 Å². The van der Waals surface area contributed by atoms with Gasteiger partial charge < -0.3 is 4.74 Å². The molecule has 0 spiro atoms. The Bertz CT molecular complexity index is 565. The van der Waals surface area contributed by atoms with E-state index in [1.165, 1.54) is 12.1 Å². The number of halogens is 3. The third-order valence-corrected chi connectivity index (χ3v) is 3.48. The highest BCUT2D eigenvalue weighted by molar-refractivity contribution is 8.00. The van der Waals surface area contributed by atoms with Gasteiger partial charge in [0.25, 0.3) is 0 Å². The van der Waals surface area contributed by atoms with E-state index in [4.69, 9.17) is 10.00 Å². The number of ether oxygens (including phenoxy) is 1. The van der Waals surface area contributed by atoms with Crippen molar-refractivity contribution >= 4 is 17.7 Å². The molecule has 0 saturated carbocycles. The first-order valence-corrected chi connectivity index (χ1v) is 7.09. The van der Waals surface area contributed by atoms with E-state index in [-0.39, 0.29) is 40.8 Å². The molecular formula is C14H14F3NO2S. The molecule has 0 fully saturated rings. The second-order valence-electron chi connectivity index (χ2n) is 4.11. The van der Waals surface area contributed by atoms with Crippen LogP contribution in [0.5, 0.6) is 0 Å². The Hall–Kier alpha value is -1.68. The molecule has 7 heteroatoms. The van der Waals surface area contributed by atoms with Crippen molar-refractivity contribution < 1.29 is 22.7 Å². The van der Waals surface area contributed by atoms with Crippen LogP contribution in [0.4, 0.5) is 13.2 Å². The zero-order valence-corrected chi connectivity index (χ0v) is 12.4. The number of esters is 1. The Labute approximate surface area is 125 Å². The minimum Gasteiger partial charge on any atom is -0.466 e. The van der Waals surface area contributed by atoms with Gasteiger partial charge in [0.2, 0.25) is 0 Å². The molecule has 0 aliphatic carbocycles. The summed E-state index contributed by atoms with van der Waals surface area (Å²) in [5, 5.41) is 9.04. The van der Waals surface area contributed by atoms with Gasteiger partial charge in [-0.15, -0.1) is 0 Å². The Kier molecular flexibility index (Phi) is 6.09. The van der Waals surface area contributed by atoms with Crippen molar-refractivity contribution in [3.63, 3.8) is 0 Å². The van der Waals surface area contributed by atoms with Crippen LogP contribution in [-0.2, 0) is 22.4 Å². The van der Waals surface area contributed by atoms with Crippen LogP contribution in [0.15, 0.2) is 17.0 Å². The van der Waals surface area contributed by atoms with E-state index in [1.807, 2.05) is 6.07 Å². The van der Waals surface area contributed by atoms with Gasteiger partial charge >= 0.3 is 11.5 Å². The van der Waals surface area contributed by atoms with Crippen molar-refractivity contribution in [1.82, 2.24) is 0 Å². The number of hydrogen-bond acceptors (Lipinski definition) is 4. The second kappa shape index (κ2) is 7.36. The number of carbonyl (C=O) groups is 1. The first kappa shape index (κ1) is 17.4. The standard InChI is InChI=1S/C14H14F3NO2S/c1-3-9-6-12(21-14(15,16)17)10(5-11(9)8-18)7-13(19)20-4-2/h5-6H,3-4,7H2,1-2H3. The summed E-state index contributed by atoms with van der Waals surface area (Å²) in [6.07, 6.45) is 0.152. The number of aryl methyl sites for hydroxylation is 1. The highest BCUT2D eigenvalue weighted by atomic mass is 32.2. The molecule has 0 bridgehead atoms. The molecule has 0 unspecified atom stereocenters. The highest BCUT2D eigenvalue weighted by Crippen LogP contribution is 2.39. The summed E-state index contributed by atoms with van der Waals surface area (Å²) in [5.41, 5.74) is -3.49. The average molecular weight is 317 g/mol. The van der Waals surface area contributed by atoms with Gasteiger partial charge in [0.05, 0.1) is 24.7 Å². The van der Waals surface area contributed by atoms with E-state index >= 15 is 0 Å². The lowest BCUT2D eigenvalue weighted by Crippen LogP contribution is -2.10. The molecule has 1 aromatic carbocycles. The zero-order valence-electron chi connectivity index (χ0n) is 11.6. The molecule has 0 heterocycles. The predicted octanol–water partition coefficient (Wildman–Crippen LogP) is 3.84. The summed E-state index contributed by atoms with van der Waals surface area (Å²) in [5.74, 6) is -0.616. The van der Waals surface area contributed by atoms with Crippen LogP contribution >= 0.6 is 11.8 Å². The Balaban J connectivity index is 3.23. The maximum atomic E-state index is 12.6. The summed E-state index contributed by atoms with van der Waals surface area (Å²) in [7, 11) is 0. The van der Waals surface area contributed by atoms with Crippen LogP contribution in [-0.4, -0.2) is 18.1 Å². The van der Waals surface area contributed by atoms with Crippen molar-refractivity contribution in [2.24, 2.45) is 0 Å². The van der Waals surface area contributed by atoms with Gasteiger partial charge in [0.15, 0.2) is 0 Å². The summed E-state index contributed by atoms with van der Waals surface area (Å²) < 4.78 is 42.6. The van der Waals surface area contributed by atoms with Gasteiger partial charge in [-0.2, -0.15) is 18.4 Å². The SMILES string of the molecule is CCOC(=O)Cc1cc(C#N)c(CC)cc1SC(F)(F)F. The number of benzene rings is 1. The smallest absolute Gasteiger partial charge is 0.446 e. The fourth-order valence-corrected chi connectivity index (χ4v) is 2.50. The molecule has 0 aliphatic heterocycles. The predicted molar refractivity (Wildman–Crippen MR) is 72.8 cm³/mol. The number of carbonyl (C=O) groups excluding carboxylic acids is 1. The summed E-state index contributed by atoms with van der Waals surface area (Å²) in [4.78, 5) is 11.4. The lowest BCUT2D eigenvalue weighted by Gasteiger charge is -2.13. The zero-order chi connectivity index (χ0) is 16.0. The monoisotopic (exact) mass is 317 g/mol. The molecule has 0 aromatic heterocycles. The molecule has 0 radical (unpaired) electrons. The van der Waals surface area contributed by atoms with Gasteiger partial charge in [0.1, 0.15) is 0 Å². The maximum Gasteiger partial charge on any atom is 0.446 e. The van der Waals surface area contributed by atoms with E-state index < -0.39 is 11.5 Å². The topological polar surface area (TPSA) is 50.1 Å². The van der Waals surface area contributed by atoms with Crippen LogP contribution in [0, 0.1) is 11.3 Å². The quantitative estimate of drug-likeness (QED) is 0.611. The van der Waals surface area contributed by atoms with Crippen LogP contribution in [0.25, 0.3) is 0 Å². The van der Waals surface area contributed by atoms with Crippen molar-refractivity contribution in [2.75, 3.05) is 6.61 Å². The third-order valence-electron chi connectivity index (χ3n) is 2.65. The summed E-state index contributed by atoms with van der Waals surface area (Å²) in [6.45, 7) is 3.52. The number of nitrogens with zero attached hydrogens (tertiary/aromatic N) is 1. The summed E-state index contributed by atoms with van der Waals surface area (Å²) >= 11 is -0.281. The normalized spacial score (nSPS) is 11.0. The first-order valence-electron chi connectivity index (χ1n) is 6.28. The third kappa shape index (κ3) is 5.31. The number of thioether (sulfide) groups is 1. The fourth-order valence-electron chi connectivity index (χ4n) is 1.79. The highest BCUT2D eigenvalue weighted by Gasteiger charge is 2.31. The van der Waals surface area contributed by atoms with Gasteiger partial charge in [0, 0.05) is 4.90 Å².